The summed E-state index contributed by atoms with van der Waals surface area (Å²) in [5.41, 5.74) is 2.63. The molecule has 2 heterocycles. The van der Waals surface area contributed by atoms with Crippen molar-refractivity contribution < 1.29 is 0 Å². The van der Waals surface area contributed by atoms with E-state index in [0.29, 0.717) is 6.04 Å². The maximum atomic E-state index is 3.57. The Kier molecular flexibility index (Phi) is 2.74. The molecule has 0 saturated carbocycles. The molecule has 1 aromatic carbocycles. The SMILES string of the molecule is Brc1c[nH]c2ccc(CC3CCCN3)cc12. The Balaban J connectivity index is 1.88. The molecule has 84 valence electrons. The van der Waals surface area contributed by atoms with Crippen molar-refractivity contribution in [3.63, 3.8) is 0 Å². The normalized spacial score (nSPS) is 20.7. The molecular weight excluding hydrogens is 264 g/mol. The molecule has 0 aliphatic carbocycles. The summed E-state index contributed by atoms with van der Waals surface area (Å²) in [5.74, 6) is 0. The maximum absolute atomic E-state index is 3.57. The Hall–Kier alpha value is -0.800. The third kappa shape index (κ3) is 1.89. The second-order valence-corrected chi connectivity index (χ2v) is 5.37. The standard InChI is InChI=1S/C13H15BrN2/c14-12-8-16-13-4-3-9(7-11(12)13)6-10-2-1-5-15-10/h3-4,7-8,10,15-16H,1-2,5-6H2. The van der Waals surface area contributed by atoms with E-state index in [4.69, 9.17) is 0 Å². The van der Waals surface area contributed by atoms with Crippen LogP contribution >= 0.6 is 15.9 Å². The lowest BCUT2D eigenvalue weighted by Crippen LogP contribution is -2.23. The van der Waals surface area contributed by atoms with Gasteiger partial charge in [-0.15, -0.1) is 0 Å². The number of nitrogens with one attached hydrogen (secondary N) is 2. The van der Waals surface area contributed by atoms with E-state index in [2.05, 4.69) is 44.4 Å². The first-order valence-electron chi connectivity index (χ1n) is 5.82. The molecule has 1 aliphatic heterocycles. The number of benzene rings is 1. The molecular formula is C13H15BrN2. The summed E-state index contributed by atoms with van der Waals surface area (Å²) in [7, 11) is 0. The Morgan fingerprint density at radius 2 is 2.31 bits per heavy atom. The van der Waals surface area contributed by atoms with Crippen LogP contribution in [0.5, 0.6) is 0 Å². The fraction of sp³-hybridized carbons (Fsp3) is 0.385. The monoisotopic (exact) mass is 278 g/mol. The highest BCUT2D eigenvalue weighted by Gasteiger charge is 2.14. The van der Waals surface area contributed by atoms with Crippen LogP contribution in [0, 0.1) is 0 Å². The molecule has 0 amide bonds. The van der Waals surface area contributed by atoms with Crippen LogP contribution in [-0.2, 0) is 6.42 Å². The summed E-state index contributed by atoms with van der Waals surface area (Å²) in [6, 6.07) is 7.36. The van der Waals surface area contributed by atoms with Crippen molar-refractivity contribution in [1.82, 2.24) is 10.3 Å². The van der Waals surface area contributed by atoms with Crippen LogP contribution < -0.4 is 5.32 Å². The number of aromatic nitrogens is 1. The third-order valence-corrected chi connectivity index (χ3v) is 4.00. The van der Waals surface area contributed by atoms with Gasteiger partial charge in [-0.1, -0.05) is 6.07 Å². The summed E-state index contributed by atoms with van der Waals surface area (Å²) in [5, 5.41) is 4.83. The van der Waals surface area contributed by atoms with Crippen LogP contribution in [0.15, 0.2) is 28.9 Å². The van der Waals surface area contributed by atoms with Gasteiger partial charge in [0.1, 0.15) is 0 Å². The number of fused-ring (bicyclic) bond motifs is 1. The van der Waals surface area contributed by atoms with E-state index in [0.717, 1.165) is 10.9 Å². The van der Waals surface area contributed by atoms with Crippen molar-refractivity contribution in [2.45, 2.75) is 25.3 Å². The number of hydrogen-bond donors (Lipinski definition) is 2. The fourth-order valence-corrected chi connectivity index (χ4v) is 2.92. The van der Waals surface area contributed by atoms with Crippen LogP contribution in [-0.4, -0.2) is 17.6 Å². The van der Waals surface area contributed by atoms with E-state index in [1.54, 1.807) is 0 Å². The molecule has 0 spiro atoms. The molecule has 3 rings (SSSR count). The van der Waals surface area contributed by atoms with Crippen molar-refractivity contribution in [2.24, 2.45) is 0 Å². The zero-order valence-corrected chi connectivity index (χ0v) is 10.7. The lowest BCUT2D eigenvalue weighted by Gasteiger charge is -2.09. The topological polar surface area (TPSA) is 27.8 Å². The van der Waals surface area contributed by atoms with Crippen LogP contribution in [0.1, 0.15) is 18.4 Å². The highest BCUT2D eigenvalue weighted by Crippen LogP contribution is 2.25. The first-order chi connectivity index (χ1) is 7.83. The third-order valence-electron chi connectivity index (χ3n) is 3.34. The number of halogens is 1. The molecule has 1 atom stereocenters. The first kappa shape index (κ1) is 10.4. The van der Waals surface area contributed by atoms with Gasteiger partial charge < -0.3 is 10.3 Å². The van der Waals surface area contributed by atoms with Crippen molar-refractivity contribution in [1.29, 1.82) is 0 Å². The molecule has 2 aromatic rings. The van der Waals surface area contributed by atoms with E-state index < -0.39 is 0 Å². The van der Waals surface area contributed by atoms with E-state index in [-0.39, 0.29) is 0 Å². The van der Waals surface area contributed by atoms with Gasteiger partial charge in [0.2, 0.25) is 0 Å². The summed E-state index contributed by atoms with van der Waals surface area (Å²) >= 11 is 3.57. The van der Waals surface area contributed by atoms with Gasteiger partial charge in [-0.05, 0) is 59.4 Å². The zero-order chi connectivity index (χ0) is 11.0. The lowest BCUT2D eigenvalue weighted by atomic mass is 10.0. The minimum absolute atomic E-state index is 0.676. The maximum Gasteiger partial charge on any atom is 0.0465 e. The summed E-state index contributed by atoms with van der Waals surface area (Å²) in [4.78, 5) is 3.25. The van der Waals surface area contributed by atoms with E-state index in [9.17, 15) is 0 Å². The quantitative estimate of drug-likeness (QED) is 0.868. The minimum Gasteiger partial charge on any atom is -0.360 e. The number of hydrogen-bond acceptors (Lipinski definition) is 1. The van der Waals surface area contributed by atoms with Gasteiger partial charge in [0.25, 0.3) is 0 Å². The minimum atomic E-state index is 0.676. The van der Waals surface area contributed by atoms with Gasteiger partial charge >= 0.3 is 0 Å². The predicted octanol–water partition coefficient (Wildman–Crippen LogP) is 3.22. The Morgan fingerprint density at radius 1 is 1.38 bits per heavy atom. The largest absolute Gasteiger partial charge is 0.360 e. The van der Waals surface area contributed by atoms with E-state index in [1.165, 1.54) is 35.9 Å². The first-order valence-corrected chi connectivity index (χ1v) is 6.61. The van der Waals surface area contributed by atoms with Crippen molar-refractivity contribution >= 4 is 26.8 Å². The highest BCUT2D eigenvalue weighted by molar-refractivity contribution is 9.10. The van der Waals surface area contributed by atoms with Crippen molar-refractivity contribution in [2.75, 3.05) is 6.54 Å². The molecule has 1 unspecified atom stereocenters. The Labute approximate surface area is 104 Å². The predicted molar refractivity (Wildman–Crippen MR) is 70.7 cm³/mol. The molecule has 2 nitrogen and oxygen atoms in total. The zero-order valence-electron chi connectivity index (χ0n) is 9.09. The second-order valence-electron chi connectivity index (χ2n) is 4.51. The number of rotatable bonds is 2. The average molecular weight is 279 g/mol. The smallest absolute Gasteiger partial charge is 0.0465 e. The fourth-order valence-electron chi connectivity index (χ4n) is 2.48. The molecule has 16 heavy (non-hydrogen) atoms. The van der Waals surface area contributed by atoms with Gasteiger partial charge in [0.15, 0.2) is 0 Å². The number of H-pyrrole nitrogens is 1. The molecule has 0 radical (unpaired) electrons. The molecule has 1 saturated heterocycles. The van der Waals surface area contributed by atoms with Gasteiger partial charge in [0, 0.05) is 27.6 Å². The van der Waals surface area contributed by atoms with Crippen LogP contribution in [0.2, 0.25) is 0 Å². The number of aromatic amines is 1. The van der Waals surface area contributed by atoms with E-state index in [1.807, 2.05) is 6.20 Å². The molecule has 2 N–H and O–H groups in total. The van der Waals surface area contributed by atoms with Crippen LogP contribution in [0.4, 0.5) is 0 Å². The Morgan fingerprint density at radius 3 is 3.12 bits per heavy atom. The van der Waals surface area contributed by atoms with Crippen LogP contribution in [0.25, 0.3) is 10.9 Å². The van der Waals surface area contributed by atoms with Crippen LogP contribution in [0.3, 0.4) is 0 Å². The van der Waals surface area contributed by atoms with Crippen molar-refractivity contribution in [3.05, 3.63) is 34.4 Å². The molecule has 0 bridgehead atoms. The van der Waals surface area contributed by atoms with Gasteiger partial charge in [-0.3, -0.25) is 0 Å². The summed E-state index contributed by atoms with van der Waals surface area (Å²) < 4.78 is 1.16. The Bertz CT molecular complexity index is 498. The lowest BCUT2D eigenvalue weighted by molar-refractivity contribution is 0.603. The summed E-state index contributed by atoms with van der Waals surface area (Å²) in [6.45, 7) is 1.18. The van der Waals surface area contributed by atoms with E-state index >= 15 is 0 Å². The van der Waals surface area contributed by atoms with Gasteiger partial charge in [-0.2, -0.15) is 0 Å². The molecule has 1 aliphatic rings. The second kappa shape index (κ2) is 4.22. The molecule has 3 heteroatoms. The van der Waals surface area contributed by atoms with Crippen molar-refractivity contribution in [3.8, 4) is 0 Å². The van der Waals surface area contributed by atoms with Gasteiger partial charge in [0.05, 0.1) is 0 Å². The molecule has 1 fully saturated rings. The molecule has 1 aromatic heterocycles. The average Bonchev–Trinajstić information content (AvgIpc) is 2.90. The van der Waals surface area contributed by atoms with Gasteiger partial charge in [-0.25, -0.2) is 0 Å². The summed E-state index contributed by atoms with van der Waals surface area (Å²) in [6.07, 6.45) is 5.78. The highest BCUT2D eigenvalue weighted by atomic mass is 79.9.